The van der Waals surface area contributed by atoms with Crippen molar-refractivity contribution >= 4 is 29.4 Å². The quantitative estimate of drug-likeness (QED) is 0.284. The predicted octanol–water partition coefficient (Wildman–Crippen LogP) is 5.22. The van der Waals surface area contributed by atoms with Crippen LogP contribution in [0.4, 0.5) is 0 Å². The molecule has 5 rings (SSSR count). The van der Waals surface area contributed by atoms with Crippen molar-refractivity contribution in [3.8, 4) is 16.8 Å². The highest BCUT2D eigenvalue weighted by atomic mass is 35.5. The fourth-order valence-electron chi connectivity index (χ4n) is 3.79. The molecule has 1 amide bonds. The van der Waals surface area contributed by atoms with Crippen LogP contribution in [0.15, 0.2) is 84.2 Å². The molecule has 0 saturated heterocycles. The van der Waals surface area contributed by atoms with Crippen molar-refractivity contribution in [3.05, 3.63) is 107 Å². The van der Waals surface area contributed by atoms with Gasteiger partial charge in [0.2, 0.25) is 0 Å². The molecule has 3 aromatic heterocycles. The van der Waals surface area contributed by atoms with Crippen LogP contribution in [0.25, 0.3) is 22.5 Å². The van der Waals surface area contributed by atoms with E-state index in [-0.39, 0.29) is 5.91 Å². The van der Waals surface area contributed by atoms with E-state index in [1.807, 2.05) is 86.0 Å². The molecule has 0 saturated carbocycles. The molecular weight excluding hydrogens is 448 g/mol. The number of rotatable bonds is 5. The summed E-state index contributed by atoms with van der Waals surface area (Å²) < 4.78 is 3.54. The standard InChI is InChI=1S/C26H21ClN6O/c1-17-12-13-32-24(14-17)29-18(2)25(32)26(34)30-28-15-23-22(19-8-10-20(27)11-9-19)16-33(31-23)21-6-4-3-5-7-21/h3-16H,1-2H3,(H,30,34). The molecule has 5 aromatic rings. The van der Waals surface area contributed by atoms with Crippen LogP contribution in [0, 0.1) is 13.8 Å². The lowest BCUT2D eigenvalue weighted by molar-refractivity contribution is 0.0948. The zero-order valence-corrected chi connectivity index (χ0v) is 19.4. The maximum absolute atomic E-state index is 12.9. The number of halogens is 1. The van der Waals surface area contributed by atoms with Gasteiger partial charge in [0.05, 0.1) is 17.6 Å². The van der Waals surface area contributed by atoms with Crippen LogP contribution in [0.1, 0.15) is 27.4 Å². The Morgan fingerprint density at radius 2 is 1.82 bits per heavy atom. The summed E-state index contributed by atoms with van der Waals surface area (Å²) in [5, 5.41) is 9.54. The Balaban J connectivity index is 1.46. The third kappa shape index (κ3) is 4.21. The molecule has 0 aliphatic rings. The minimum atomic E-state index is -0.347. The third-order valence-electron chi connectivity index (χ3n) is 5.44. The van der Waals surface area contributed by atoms with Gasteiger partial charge in [-0.2, -0.15) is 10.2 Å². The fraction of sp³-hybridized carbons (Fsp3) is 0.0769. The Morgan fingerprint density at radius 3 is 2.59 bits per heavy atom. The van der Waals surface area contributed by atoms with Crippen molar-refractivity contribution in [3.63, 3.8) is 0 Å². The molecule has 0 atom stereocenters. The molecule has 168 valence electrons. The van der Waals surface area contributed by atoms with Crippen molar-refractivity contribution < 1.29 is 4.79 Å². The number of amides is 1. The van der Waals surface area contributed by atoms with Gasteiger partial charge in [-0.15, -0.1) is 0 Å². The van der Waals surface area contributed by atoms with E-state index >= 15 is 0 Å². The number of aromatic nitrogens is 4. The molecule has 2 aromatic carbocycles. The highest BCUT2D eigenvalue weighted by molar-refractivity contribution is 6.30. The first-order chi connectivity index (χ1) is 16.5. The van der Waals surface area contributed by atoms with Crippen LogP contribution in [-0.4, -0.2) is 31.3 Å². The van der Waals surface area contributed by atoms with Gasteiger partial charge in [0.25, 0.3) is 5.91 Å². The minimum absolute atomic E-state index is 0.347. The zero-order valence-electron chi connectivity index (χ0n) is 18.6. The lowest BCUT2D eigenvalue weighted by Crippen LogP contribution is -2.20. The molecule has 1 N–H and O–H groups in total. The maximum Gasteiger partial charge on any atom is 0.290 e. The lowest BCUT2D eigenvalue weighted by atomic mass is 10.1. The number of imidazole rings is 1. The molecule has 8 heteroatoms. The Hall–Kier alpha value is -4.23. The van der Waals surface area contributed by atoms with Crippen molar-refractivity contribution in [2.45, 2.75) is 13.8 Å². The van der Waals surface area contributed by atoms with Gasteiger partial charge in [-0.1, -0.05) is 41.9 Å². The van der Waals surface area contributed by atoms with Gasteiger partial charge in [0.1, 0.15) is 17.0 Å². The summed E-state index contributed by atoms with van der Waals surface area (Å²) >= 11 is 6.07. The van der Waals surface area contributed by atoms with Crippen LogP contribution in [-0.2, 0) is 0 Å². The van der Waals surface area contributed by atoms with Gasteiger partial charge < -0.3 is 0 Å². The number of pyridine rings is 1. The van der Waals surface area contributed by atoms with Crippen molar-refractivity contribution in [1.82, 2.24) is 24.6 Å². The Morgan fingerprint density at radius 1 is 1.06 bits per heavy atom. The summed E-state index contributed by atoms with van der Waals surface area (Å²) in [6, 6.07) is 21.2. The molecular formula is C26H21ClN6O. The average Bonchev–Trinajstić information content (AvgIpc) is 3.40. The fourth-order valence-corrected chi connectivity index (χ4v) is 3.92. The lowest BCUT2D eigenvalue weighted by Gasteiger charge is -2.02. The van der Waals surface area contributed by atoms with Gasteiger partial charge in [0, 0.05) is 23.0 Å². The zero-order chi connectivity index (χ0) is 23.7. The van der Waals surface area contributed by atoms with Crippen molar-refractivity contribution in [1.29, 1.82) is 0 Å². The summed E-state index contributed by atoms with van der Waals surface area (Å²) in [6.45, 7) is 3.79. The van der Waals surface area contributed by atoms with E-state index in [1.165, 1.54) is 0 Å². The SMILES string of the molecule is Cc1ccn2c(C(=O)NN=Cc3nn(-c4ccccc4)cc3-c3ccc(Cl)cc3)c(C)nc2c1. The van der Waals surface area contributed by atoms with Crippen molar-refractivity contribution in [2.75, 3.05) is 0 Å². The monoisotopic (exact) mass is 468 g/mol. The molecule has 0 spiro atoms. The number of hydrazone groups is 1. The van der Waals surface area contributed by atoms with Crippen LogP contribution < -0.4 is 5.43 Å². The number of para-hydroxylation sites is 1. The molecule has 7 nitrogen and oxygen atoms in total. The van der Waals surface area contributed by atoms with Crippen molar-refractivity contribution in [2.24, 2.45) is 5.10 Å². The summed E-state index contributed by atoms with van der Waals surface area (Å²) in [5.74, 6) is -0.347. The summed E-state index contributed by atoms with van der Waals surface area (Å²) in [4.78, 5) is 17.4. The summed E-state index contributed by atoms with van der Waals surface area (Å²) in [7, 11) is 0. The van der Waals surface area contributed by atoms with E-state index in [1.54, 1.807) is 22.2 Å². The van der Waals surface area contributed by atoms with Gasteiger partial charge >= 0.3 is 0 Å². The highest BCUT2D eigenvalue weighted by Gasteiger charge is 2.16. The number of hydrogen-bond acceptors (Lipinski definition) is 4. The largest absolute Gasteiger partial charge is 0.295 e. The van der Waals surface area contributed by atoms with Crippen LogP contribution in [0.5, 0.6) is 0 Å². The van der Waals surface area contributed by atoms with E-state index in [9.17, 15) is 4.79 Å². The van der Waals surface area contributed by atoms with E-state index in [2.05, 4.69) is 20.6 Å². The Kier molecular flexibility index (Phi) is 5.69. The Labute approximate surface area is 201 Å². The molecule has 0 aliphatic carbocycles. The molecule has 0 aliphatic heterocycles. The number of nitrogens with one attached hydrogen (secondary N) is 1. The number of hydrogen-bond donors (Lipinski definition) is 1. The number of nitrogens with zero attached hydrogens (tertiary/aromatic N) is 5. The van der Waals surface area contributed by atoms with Crippen LogP contribution in [0.2, 0.25) is 5.02 Å². The van der Waals surface area contributed by atoms with Gasteiger partial charge in [-0.3, -0.25) is 9.20 Å². The first-order valence-corrected chi connectivity index (χ1v) is 11.1. The third-order valence-corrected chi connectivity index (χ3v) is 5.69. The number of aryl methyl sites for hydroxylation is 2. The second kappa shape index (κ2) is 8.96. The predicted molar refractivity (Wildman–Crippen MR) is 134 cm³/mol. The second-order valence-corrected chi connectivity index (χ2v) is 8.33. The number of carbonyl (C=O) groups is 1. The average molecular weight is 469 g/mol. The first kappa shape index (κ1) is 21.6. The van der Waals surface area contributed by atoms with Gasteiger partial charge in [-0.05, 0) is 61.4 Å². The first-order valence-electron chi connectivity index (χ1n) is 10.7. The molecule has 34 heavy (non-hydrogen) atoms. The van der Waals surface area contributed by atoms with E-state index in [0.29, 0.717) is 22.1 Å². The highest BCUT2D eigenvalue weighted by Crippen LogP contribution is 2.25. The van der Waals surface area contributed by atoms with Crippen LogP contribution in [0.3, 0.4) is 0 Å². The smallest absolute Gasteiger partial charge is 0.290 e. The number of benzene rings is 2. The number of carbonyl (C=O) groups excluding carboxylic acids is 1. The minimum Gasteiger partial charge on any atom is -0.295 e. The molecule has 0 bridgehead atoms. The number of fused-ring (bicyclic) bond motifs is 1. The molecule has 3 heterocycles. The van der Waals surface area contributed by atoms with E-state index in [4.69, 9.17) is 11.6 Å². The summed E-state index contributed by atoms with van der Waals surface area (Å²) in [5.41, 5.74) is 8.81. The Bertz CT molecular complexity index is 1520. The summed E-state index contributed by atoms with van der Waals surface area (Å²) in [6.07, 6.45) is 5.31. The van der Waals surface area contributed by atoms with E-state index in [0.717, 1.165) is 28.0 Å². The second-order valence-electron chi connectivity index (χ2n) is 7.89. The van der Waals surface area contributed by atoms with Gasteiger partial charge in [0.15, 0.2) is 0 Å². The molecule has 0 radical (unpaired) electrons. The maximum atomic E-state index is 12.9. The van der Waals surface area contributed by atoms with E-state index < -0.39 is 0 Å². The molecule has 0 unspecified atom stereocenters. The topological polar surface area (TPSA) is 76.6 Å². The normalized spacial score (nSPS) is 11.4. The van der Waals surface area contributed by atoms with Crippen LogP contribution >= 0.6 is 11.6 Å². The molecule has 0 fully saturated rings. The van der Waals surface area contributed by atoms with Gasteiger partial charge in [-0.25, -0.2) is 15.1 Å².